The van der Waals surface area contributed by atoms with E-state index in [0.717, 1.165) is 25.8 Å². The normalized spacial score (nSPS) is 27.1. The average Bonchev–Trinajstić information content (AvgIpc) is 2.32. The summed E-state index contributed by atoms with van der Waals surface area (Å²) in [5.74, 6) is 0.566. The van der Waals surface area contributed by atoms with Gasteiger partial charge in [-0.2, -0.15) is 0 Å². The number of unbranched alkanes of at least 4 members (excludes halogenated alkanes) is 2. The van der Waals surface area contributed by atoms with E-state index in [1.165, 1.54) is 12.8 Å². The van der Waals surface area contributed by atoms with Crippen molar-refractivity contribution in [2.24, 2.45) is 5.73 Å². The molecule has 0 spiro atoms. The van der Waals surface area contributed by atoms with Crippen molar-refractivity contribution in [3.63, 3.8) is 0 Å². The highest BCUT2D eigenvalue weighted by atomic mass is 32.2. The lowest BCUT2D eigenvalue weighted by molar-refractivity contribution is 0.0654. The Bertz CT molecular complexity index is 368. The van der Waals surface area contributed by atoms with E-state index in [4.69, 9.17) is 5.73 Å². The second-order valence-electron chi connectivity index (χ2n) is 6.12. The smallest absolute Gasteiger partial charge is 0.152 e. The first kappa shape index (κ1) is 16.9. The van der Waals surface area contributed by atoms with Crippen LogP contribution in [-0.2, 0) is 9.84 Å². The Hall–Kier alpha value is -0.130. The zero-order valence-electron chi connectivity index (χ0n) is 12.7. The lowest BCUT2D eigenvalue weighted by Crippen LogP contribution is -2.62. The first-order valence-electron chi connectivity index (χ1n) is 7.54. The fourth-order valence-electron chi connectivity index (χ4n) is 3.25. The Kier molecular flexibility index (Phi) is 6.27. The van der Waals surface area contributed by atoms with Gasteiger partial charge in [0.05, 0.1) is 11.5 Å². The molecule has 0 aromatic carbocycles. The van der Waals surface area contributed by atoms with Gasteiger partial charge < -0.3 is 5.73 Å². The molecular formula is C14H30N2O2S. The van der Waals surface area contributed by atoms with Crippen LogP contribution in [0.4, 0.5) is 0 Å². The Morgan fingerprint density at radius 2 is 2.00 bits per heavy atom. The molecule has 1 aliphatic heterocycles. The zero-order chi connectivity index (χ0) is 14.5. The van der Waals surface area contributed by atoms with Gasteiger partial charge in [-0.1, -0.05) is 19.8 Å². The maximum atomic E-state index is 12.0. The number of nitrogens with zero attached hydrogens (tertiary/aromatic N) is 1. The third kappa shape index (κ3) is 4.43. The summed E-state index contributed by atoms with van der Waals surface area (Å²) in [6.45, 7) is 7.87. The van der Waals surface area contributed by atoms with E-state index < -0.39 is 9.84 Å². The van der Waals surface area contributed by atoms with Crippen LogP contribution in [0.5, 0.6) is 0 Å². The molecule has 114 valence electrons. The molecule has 1 aliphatic rings. The molecule has 0 aromatic heterocycles. The summed E-state index contributed by atoms with van der Waals surface area (Å²) in [6, 6.07) is 0.341. The van der Waals surface area contributed by atoms with Crippen LogP contribution >= 0.6 is 0 Å². The van der Waals surface area contributed by atoms with Crippen LogP contribution in [0.3, 0.4) is 0 Å². The predicted molar refractivity (Wildman–Crippen MR) is 81.0 cm³/mol. The summed E-state index contributed by atoms with van der Waals surface area (Å²) in [6.07, 6.45) is 5.15. The Labute approximate surface area is 118 Å². The minimum absolute atomic E-state index is 0.237. The van der Waals surface area contributed by atoms with E-state index in [-0.39, 0.29) is 11.3 Å². The first-order valence-corrected chi connectivity index (χ1v) is 9.36. The lowest BCUT2D eigenvalue weighted by Gasteiger charge is -2.47. The number of rotatable bonds is 7. The van der Waals surface area contributed by atoms with Crippen molar-refractivity contribution in [3.8, 4) is 0 Å². The van der Waals surface area contributed by atoms with Crippen LogP contribution in [0.2, 0.25) is 0 Å². The topological polar surface area (TPSA) is 63.4 Å². The molecule has 1 atom stereocenters. The number of sulfone groups is 1. The van der Waals surface area contributed by atoms with Gasteiger partial charge in [0, 0.05) is 18.1 Å². The zero-order valence-corrected chi connectivity index (χ0v) is 13.5. The quantitative estimate of drug-likeness (QED) is 0.726. The molecule has 4 nitrogen and oxygen atoms in total. The van der Waals surface area contributed by atoms with E-state index in [0.29, 0.717) is 18.3 Å². The molecule has 19 heavy (non-hydrogen) atoms. The molecule has 1 heterocycles. The molecule has 2 N–H and O–H groups in total. The van der Waals surface area contributed by atoms with Gasteiger partial charge in [-0.15, -0.1) is 0 Å². The van der Waals surface area contributed by atoms with Gasteiger partial charge in [-0.05, 0) is 39.7 Å². The maximum Gasteiger partial charge on any atom is 0.152 e. The van der Waals surface area contributed by atoms with Crippen LogP contribution in [-0.4, -0.2) is 49.5 Å². The summed E-state index contributed by atoms with van der Waals surface area (Å²) in [4.78, 5) is 2.35. The Balaban J connectivity index is 2.88. The third-order valence-electron chi connectivity index (χ3n) is 4.20. The second kappa shape index (κ2) is 7.04. The number of hydrogen-bond acceptors (Lipinski definition) is 4. The molecule has 0 radical (unpaired) electrons. The number of nitrogens with two attached hydrogens (primary N) is 1. The van der Waals surface area contributed by atoms with Gasteiger partial charge >= 0.3 is 0 Å². The molecule has 0 amide bonds. The van der Waals surface area contributed by atoms with Crippen molar-refractivity contribution in [1.29, 1.82) is 0 Å². The Morgan fingerprint density at radius 1 is 1.32 bits per heavy atom. The predicted octanol–water partition coefficient (Wildman–Crippen LogP) is 1.79. The second-order valence-corrected chi connectivity index (χ2v) is 8.30. The van der Waals surface area contributed by atoms with Gasteiger partial charge in [0.15, 0.2) is 9.84 Å². The fourth-order valence-corrected chi connectivity index (χ4v) is 5.23. The maximum absolute atomic E-state index is 12.0. The van der Waals surface area contributed by atoms with E-state index in [2.05, 4.69) is 25.7 Å². The van der Waals surface area contributed by atoms with Crippen LogP contribution in [0.15, 0.2) is 0 Å². The summed E-state index contributed by atoms with van der Waals surface area (Å²) in [5, 5.41) is 0. The van der Waals surface area contributed by atoms with Gasteiger partial charge in [0.25, 0.3) is 0 Å². The van der Waals surface area contributed by atoms with Crippen molar-refractivity contribution in [1.82, 2.24) is 4.90 Å². The van der Waals surface area contributed by atoms with Crippen LogP contribution in [0, 0.1) is 0 Å². The minimum atomic E-state index is -2.93. The fraction of sp³-hybridized carbons (Fsp3) is 1.00. The van der Waals surface area contributed by atoms with Gasteiger partial charge in [-0.25, -0.2) is 8.42 Å². The molecule has 0 aliphatic carbocycles. The molecule has 5 heteroatoms. The third-order valence-corrected chi connectivity index (χ3v) is 6.09. The van der Waals surface area contributed by atoms with Crippen molar-refractivity contribution < 1.29 is 8.42 Å². The highest BCUT2D eigenvalue weighted by Gasteiger charge is 2.43. The average molecular weight is 290 g/mol. The summed E-state index contributed by atoms with van der Waals surface area (Å²) in [5.41, 5.74) is 5.66. The minimum Gasteiger partial charge on any atom is -0.329 e. The molecule has 0 saturated carbocycles. The van der Waals surface area contributed by atoms with E-state index in [9.17, 15) is 8.42 Å². The van der Waals surface area contributed by atoms with Crippen molar-refractivity contribution in [3.05, 3.63) is 0 Å². The van der Waals surface area contributed by atoms with Crippen LogP contribution in [0.25, 0.3) is 0 Å². The standard InChI is InChI=1S/C14H30N2O2S/c1-4-5-6-9-16(13(2)3)14(11-15)8-7-10-19(17,18)12-14/h13H,4-12,15H2,1-3H3. The van der Waals surface area contributed by atoms with Crippen LogP contribution in [0.1, 0.15) is 52.9 Å². The molecule has 1 unspecified atom stereocenters. The summed E-state index contributed by atoms with van der Waals surface area (Å²) in [7, 11) is -2.93. The van der Waals surface area contributed by atoms with E-state index in [1.807, 2.05) is 0 Å². The molecule has 1 rings (SSSR count). The Morgan fingerprint density at radius 3 is 2.47 bits per heavy atom. The SMILES string of the molecule is CCCCCN(C(C)C)C1(CN)CCCS(=O)(=O)C1. The van der Waals surface area contributed by atoms with E-state index >= 15 is 0 Å². The number of hydrogen-bond donors (Lipinski definition) is 1. The van der Waals surface area contributed by atoms with E-state index in [1.54, 1.807) is 0 Å². The molecule has 0 aromatic rings. The molecular weight excluding hydrogens is 260 g/mol. The highest BCUT2D eigenvalue weighted by Crippen LogP contribution is 2.30. The molecule has 0 bridgehead atoms. The van der Waals surface area contributed by atoms with Gasteiger partial charge in [-0.3, -0.25) is 4.90 Å². The van der Waals surface area contributed by atoms with Crippen molar-refractivity contribution in [2.75, 3.05) is 24.6 Å². The monoisotopic (exact) mass is 290 g/mol. The molecule has 1 fully saturated rings. The first-order chi connectivity index (χ1) is 8.87. The van der Waals surface area contributed by atoms with Crippen LogP contribution < -0.4 is 5.73 Å². The summed E-state index contributed by atoms with van der Waals surface area (Å²) >= 11 is 0. The summed E-state index contributed by atoms with van der Waals surface area (Å²) < 4.78 is 24.0. The largest absolute Gasteiger partial charge is 0.329 e. The lowest BCUT2D eigenvalue weighted by atomic mass is 9.91. The highest BCUT2D eigenvalue weighted by molar-refractivity contribution is 7.91. The van der Waals surface area contributed by atoms with Crippen molar-refractivity contribution >= 4 is 9.84 Å². The van der Waals surface area contributed by atoms with Gasteiger partial charge in [0.1, 0.15) is 0 Å². The van der Waals surface area contributed by atoms with Crippen molar-refractivity contribution in [2.45, 2.75) is 64.5 Å². The van der Waals surface area contributed by atoms with Gasteiger partial charge in [0.2, 0.25) is 0 Å². The molecule has 1 saturated heterocycles.